The number of hydrogen-bond acceptors (Lipinski definition) is 3. The standard InChI is InChI=1S/C17H22N2O4/c20-16(21)15(13-7-4-8-13)18-17(22)19-9-14(10-19)23-11-12-5-2-1-3-6-12/h1-3,5-6,13-15H,4,7-11H2,(H,18,22)(H,20,21). The van der Waals surface area contributed by atoms with Crippen LogP contribution in [-0.4, -0.2) is 47.2 Å². The van der Waals surface area contributed by atoms with Crippen LogP contribution in [0, 0.1) is 5.92 Å². The molecular weight excluding hydrogens is 296 g/mol. The van der Waals surface area contributed by atoms with Crippen LogP contribution in [0.3, 0.4) is 0 Å². The summed E-state index contributed by atoms with van der Waals surface area (Å²) in [6, 6.07) is 8.82. The molecule has 0 radical (unpaired) electrons. The van der Waals surface area contributed by atoms with Crippen molar-refractivity contribution < 1.29 is 19.4 Å². The van der Waals surface area contributed by atoms with Crippen LogP contribution >= 0.6 is 0 Å². The third-order valence-corrected chi connectivity index (χ3v) is 4.63. The van der Waals surface area contributed by atoms with Crippen molar-refractivity contribution in [3.05, 3.63) is 35.9 Å². The molecule has 0 bridgehead atoms. The Labute approximate surface area is 135 Å². The van der Waals surface area contributed by atoms with Crippen molar-refractivity contribution in [1.29, 1.82) is 0 Å². The minimum Gasteiger partial charge on any atom is -0.480 e. The molecule has 2 aliphatic rings. The second-order valence-corrected chi connectivity index (χ2v) is 6.28. The molecule has 1 aliphatic carbocycles. The van der Waals surface area contributed by atoms with Crippen LogP contribution in [0.2, 0.25) is 0 Å². The Hall–Kier alpha value is -2.08. The summed E-state index contributed by atoms with van der Waals surface area (Å²) in [6.45, 7) is 1.55. The van der Waals surface area contributed by atoms with Gasteiger partial charge in [-0.05, 0) is 24.3 Å². The highest BCUT2D eigenvalue weighted by atomic mass is 16.5. The first-order chi connectivity index (χ1) is 11.1. The average Bonchev–Trinajstić information content (AvgIpc) is 2.44. The number of carbonyl (C=O) groups excluding carboxylic acids is 1. The average molecular weight is 318 g/mol. The van der Waals surface area contributed by atoms with Gasteiger partial charge in [0, 0.05) is 0 Å². The number of ether oxygens (including phenoxy) is 1. The van der Waals surface area contributed by atoms with E-state index in [4.69, 9.17) is 4.74 Å². The maximum atomic E-state index is 12.1. The summed E-state index contributed by atoms with van der Waals surface area (Å²) in [7, 11) is 0. The van der Waals surface area contributed by atoms with Crippen LogP contribution in [0.4, 0.5) is 4.79 Å². The Morgan fingerprint density at radius 1 is 1.26 bits per heavy atom. The molecule has 2 N–H and O–H groups in total. The van der Waals surface area contributed by atoms with E-state index in [0.717, 1.165) is 24.8 Å². The smallest absolute Gasteiger partial charge is 0.326 e. The summed E-state index contributed by atoms with van der Waals surface area (Å²) in [5, 5.41) is 11.9. The lowest BCUT2D eigenvalue weighted by atomic mass is 9.80. The molecule has 2 fully saturated rings. The molecule has 1 atom stereocenters. The highest BCUT2D eigenvalue weighted by Gasteiger charge is 2.37. The van der Waals surface area contributed by atoms with Crippen molar-refractivity contribution in [3.8, 4) is 0 Å². The predicted octanol–water partition coefficient (Wildman–Crippen LogP) is 1.85. The van der Waals surface area contributed by atoms with Crippen molar-refractivity contribution in [1.82, 2.24) is 10.2 Å². The van der Waals surface area contributed by atoms with Gasteiger partial charge in [0.05, 0.1) is 25.8 Å². The Bertz CT molecular complexity index is 553. The van der Waals surface area contributed by atoms with Gasteiger partial charge in [-0.25, -0.2) is 9.59 Å². The number of carboxylic acid groups (broad SMARTS) is 1. The zero-order chi connectivity index (χ0) is 16.2. The van der Waals surface area contributed by atoms with Gasteiger partial charge in [-0.3, -0.25) is 0 Å². The van der Waals surface area contributed by atoms with Crippen LogP contribution < -0.4 is 5.32 Å². The van der Waals surface area contributed by atoms with Crippen molar-refractivity contribution in [3.63, 3.8) is 0 Å². The van der Waals surface area contributed by atoms with Crippen LogP contribution in [0.15, 0.2) is 30.3 Å². The third kappa shape index (κ3) is 3.82. The van der Waals surface area contributed by atoms with E-state index in [2.05, 4.69) is 5.32 Å². The van der Waals surface area contributed by atoms with E-state index in [1.165, 1.54) is 0 Å². The molecule has 0 aromatic heterocycles. The molecule has 1 saturated carbocycles. The number of rotatable bonds is 6. The van der Waals surface area contributed by atoms with Gasteiger partial charge in [0.1, 0.15) is 6.04 Å². The van der Waals surface area contributed by atoms with E-state index in [0.29, 0.717) is 19.7 Å². The fourth-order valence-electron chi connectivity index (χ4n) is 2.88. The Morgan fingerprint density at radius 3 is 2.52 bits per heavy atom. The lowest BCUT2D eigenvalue weighted by Crippen LogP contribution is -2.61. The van der Waals surface area contributed by atoms with Crippen molar-refractivity contribution in [2.24, 2.45) is 5.92 Å². The Morgan fingerprint density at radius 2 is 1.96 bits per heavy atom. The number of nitrogens with zero attached hydrogens (tertiary/aromatic N) is 1. The SMILES string of the molecule is O=C(O)C(NC(=O)N1CC(OCc2ccccc2)C1)C1CCC1. The molecule has 1 aromatic rings. The molecule has 1 aliphatic heterocycles. The van der Waals surface area contributed by atoms with E-state index in [9.17, 15) is 14.7 Å². The number of likely N-dealkylation sites (tertiary alicyclic amines) is 1. The number of carboxylic acids is 1. The van der Waals surface area contributed by atoms with E-state index in [1.54, 1.807) is 4.90 Å². The fourth-order valence-corrected chi connectivity index (χ4v) is 2.88. The maximum absolute atomic E-state index is 12.1. The second-order valence-electron chi connectivity index (χ2n) is 6.28. The largest absolute Gasteiger partial charge is 0.480 e. The number of amides is 2. The minimum absolute atomic E-state index is 0.0212. The van der Waals surface area contributed by atoms with E-state index in [-0.39, 0.29) is 18.1 Å². The summed E-state index contributed by atoms with van der Waals surface area (Å²) in [4.78, 5) is 25.0. The molecule has 124 valence electrons. The van der Waals surface area contributed by atoms with E-state index >= 15 is 0 Å². The monoisotopic (exact) mass is 318 g/mol. The number of benzene rings is 1. The zero-order valence-corrected chi connectivity index (χ0v) is 13.0. The highest BCUT2D eigenvalue weighted by molar-refractivity contribution is 5.83. The van der Waals surface area contributed by atoms with Crippen molar-refractivity contribution in [2.75, 3.05) is 13.1 Å². The van der Waals surface area contributed by atoms with E-state index in [1.807, 2.05) is 30.3 Å². The van der Waals surface area contributed by atoms with Crippen LogP contribution in [0.1, 0.15) is 24.8 Å². The normalized spacial score (nSPS) is 19.6. The topological polar surface area (TPSA) is 78.9 Å². The molecule has 1 saturated heterocycles. The Kier molecular flexibility index (Phi) is 4.81. The zero-order valence-electron chi connectivity index (χ0n) is 13.0. The molecule has 0 spiro atoms. The van der Waals surface area contributed by atoms with E-state index < -0.39 is 12.0 Å². The van der Waals surface area contributed by atoms with Crippen molar-refractivity contribution in [2.45, 2.75) is 38.0 Å². The lowest BCUT2D eigenvalue weighted by molar-refractivity contribution is -0.141. The van der Waals surface area contributed by atoms with Gasteiger partial charge >= 0.3 is 12.0 Å². The number of nitrogens with one attached hydrogen (secondary N) is 1. The summed E-state index contributed by atoms with van der Waals surface area (Å²) in [6.07, 6.45) is 2.82. The first-order valence-electron chi connectivity index (χ1n) is 8.07. The van der Waals surface area contributed by atoms with Gasteiger partial charge < -0.3 is 20.1 Å². The molecule has 6 nitrogen and oxygen atoms in total. The molecule has 1 unspecified atom stereocenters. The first kappa shape index (κ1) is 15.8. The van der Waals surface area contributed by atoms with Gasteiger partial charge in [-0.2, -0.15) is 0 Å². The van der Waals surface area contributed by atoms with Gasteiger partial charge in [-0.15, -0.1) is 0 Å². The summed E-state index contributed by atoms with van der Waals surface area (Å²) >= 11 is 0. The highest BCUT2D eigenvalue weighted by Crippen LogP contribution is 2.30. The molecule has 1 heterocycles. The van der Waals surface area contributed by atoms with Gasteiger partial charge in [0.2, 0.25) is 0 Å². The lowest BCUT2D eigenvalue weighted by Gasteiger charge is -2.40. The summed E-state index contributed by atoms with van der Waals surface area (Å²) in [5.74, 6) is -0.872. The summed E-state index contributed by atoms with van der Waals surface area (Å²) < 4.78 is 5.74. The second kappa shape index (κ2) is 7.00. The molecule has 6 heteroatoms. The minimum atomic E-state index is -0.944. The summed E-state index contributed by atoms with van der Waals surface area (Å²) in [5.41, 5.74) is 1.10. The van der Waals surface area contributed by atoms with Crippen molar-refractivity contribution >= 4 is 12.0 Å². The van der Waals surface area contributed by atoms with Crippen LogP contribution in [0.5, 0.6) is 0 Å². The van der Waals surface area contributed by atoms with Crippen LogP contribution in [-0.2, 0) is 16.1 Å². The molecule has 1 aromatic carbocycles. The van der Waals surface area contributed by atoms with Gasteiger partial charge in [0.25, 0.3) is 0 Å². The number of urea groups is 1. The van der Waals surface area contributed by atoms with Crippen LogP contribution in [0.25, 0.3) is 0 Å². The first-order valence-corrected chi connectivity index (χ1v) is 8.07. The Balaban J connectivity index is 1.40. The molecule has 23 heavy (non-hydrogen) atoms. The predicted molar refractivity (Wildman–Crippen MR) is 83.9 cm³/mol. The maximum Gasteiger partial charge on any atom is 0.326 e. The molecular formula is C17H22N2O4. The third-order valence-electron chi connectivity index (χ3n) is 4.63. The van der Waals surface area contributed by atoms with Gasteiger partial charge in [0.15, 0.2) is 0 Å². The van der Waals surface area contributed by atoms with Gasteiger partial charge in [-0.1, -0.05) is 36.8 Å². The molecule has 3 rings (SSSR count). The molecule has 2 amide bonds. The number of carbonyl (C=O) groups is 2. The number of aliphatic carboxylic acids is 1. The number of hydrogen-bond donors (Lipinski definition) is 2. The fraction of sp³-hybridized carbons (Fsp3) is 0.529. The quantitative estimate of drug-likeness (QED) is 0.839.